The number of hydrogen-bond acceptors (Lipinski definition) is 3. The lowest BCUT2D eigenvalue weighted by Gasteiger charge is -2.06. The number of thioether (sulfide) groups is 1. The quantitative estimate of drug-likeness (QED) is 0.687. The van der Waals surface area contributed by atoms with E-state index in [9.17, 15) is 0 Å². The van der Waals surface area contributed by atoms with Crippen molar-refractivity contribution in [3.05, 3.63) is 42.5 Å². The van der Waals surface area contributed by atoms with Crippen LogP contribution in [0.4, 0.5) is 0 Å². The summed E-state index contributed by atoms with van der Waals surface area (Å²) in [6, 6.07) is 8.99. The van der Waals surface area contributed by atoms with Crippen LogP contribution in [0, 0.1) is 5.92 Å². The van der Waals surface area contributed by atoms with E-state index in [-0.39, 0.29) is 0 Å². The lowest BCUT2D eigenvalue weighted by atomic mass is 10.1. The Bertz CT molecular complexity index is 477. The molecule has 1 aromatic heterocycles. The number of nitrogens with zero attached hydrogens (tertiary/aromatic N) is 3. The summed E-state index contributed by atoms with van der Waals surface area (Å²) in [6.45, 7) is 5.49. The first-order valence-corrected chi connectivity index (χ1v) is 8.27. The van der Waals surface area contributed by atoms with Crippen LogP contribution in [0.15, 0.2) is 41.8 Å². The molecule has 2 aromatic rings. The van der Waals surface area contributed by atoms with E-state index in [4.69, 9.17) is 0 Å². The molecule has 0 aliphatic rings. The highest BCUT2D eigenvalue weighted by Gasteiger charge is 1.99. The second kappa shape index (κ2) is 8.10. The van der Waals surface area contributed by atoms with Crippen LogP contribution in [-0.4, -0.2) is 20.5 Å². The molecule has 4 heteroatoms. The summed E-state index contributed by atoms with van der Waals surface area (Å²) in [5.74, 6) is 2.00. The molecule has 2 rings (SSSR count). The molecule has 0 saturated carbocycles. The first-order valence-electron chi connectivity index (χ1n) is 7.28. The van der Waals surface area contributed by atoms with Crippen molar-refractivity contribution in [2.75, 3.05) is 5.75 Å². The van der Waals surface area contributed by atoms with Gasteiger partial charge in [-0.25, -0.2) is 4.98 Å². The van der Waals surface area contributed by atoms with Gasteiger partial charge in [-0.1, -0.05) is 26.0 Å². The Balaban J connectivity index is 1.71. The van der Waals surface area contributed by atoms with Gasteiger partial charge in [0.15, 0.2) is 0 Å². The maximum absolute atomic E-state index is 4.11. The average molecular weight is 289 g/mol. The topological polar surface area (TPSA) is 30.7 Å². The van der Waals surface area contributed by atoms with E-state index in [1.54, 1.807) is 12.7 Å². The summed E-state index contributed by atoms with van der Waals surface area (Å²) in [7, 11) is 0. The smallest absolute Gasteiger partial charge is 0.137 e. The maximum atomic E-state index is 4.11. The SMILES string of the molecule is CC(C)CCSc1ccc(CCCn2cncn2)cc1. The van der Waals surface area contributed by atoms with Crippen molar-refractivity contribution in [2.24, 2.45) is 5.92 Å². The molecule has 0 saturated heterocycles. The number of aryl methyl sites for hydroxylation is 2. The third-order valence-electron chi connectivity index (χ3n) is 3.21. The fourth-order valence-electron chi connectivity index (χ4n) is 1.96. The first kappa shape index (κ1) is 15.1. The fraction of sp³-hybridized carbons (Fsp3) is 0.500. The van der Waals surface area contributed by atoms with Crippen molar-refractivity contribution in [3.8, 4) is 0 Å². The molecule has 0 bridgehead atoms. The molecule has 0 N–H and O–H groups in total. The summed E-state index contributed by atoms with van der Waals surface area (Å²) in [5, 5.41) is 4.11. The molecule has 0 amide bonds. The highest BCUT2D eigenvalue weighted by atomic mass is 32.2. The molecule has 1 aromatic carbocycles. The number of hydrogen-bond donors (Lipinski definition) is 0. The molecular weight excluding hydrogens is 266 g/mol. The van der Waals surface area contributed by atoms with Gasteiger partial charge in [-0.2, -0.15) is 5.10 Å². The van der Waals surface area contributed by atoms with Crippen molar-refractivity contribution in [3.63, 3.8) is 0 Å². The Morgan fingerprint density at radius 2 is 2.00 bits per heavy atom. The second-order valence-electron chi connectivity index (χ2n) is 5.44. The zero-order valence-corrected chi connectivity index (χ0v) is 13.1. The zero-order chi connectivity index (χ0) is 14.2. The van der Waals surface area contributed by atoms with Crippen molar-refractivity contribution in [1.82, 2.24) is 14.8 Å². The Hall–Kier alpha value is -1.29. The van der Waals surface area contributed by atoms with Gasteiger partial charge in [-0.15, -0.1) is 11.8 Å². The third kappa shape index (κ3) is 5.37. The Labute approximate surface area is 125 Å². The predicted octanol–water partition coefficient (Wildman–Crippen LogP) is 4.05. The number of rotatable bonds is 8. The molecule has 108 valence electrons. The van der Waals surface area contributed by atoms with Crippen LogP contribution in [0.5, 0.6) is 0 Å². The van der Waals surface area contributed by atoms with Crippen molar-refractivity contribution in [2.45, 2.75) is 44.6 Å². The van der Waals surface area contributed by atoms with Crippen LogP contribution in [-0.2, 0) is 13.0 Å². The molecule has 0 atom stereocenters. The highest BCUT2D eigenvalue weighted by molar-refractivity contribution is 7.99. The van der Waals surface area contributed by atoms with Crippen LogP contribution in [0.25, 0.3) is 0 Å². The summed E-state index contributed by atoms with van der Waals surface area (Å²) in [6.07, 6.45) is 6.84. The minimum absolute atomic E-state index is 0.790. The Morgan fingerprint density at radius 1 is 1.20 bits per heavy atom. The van der Waals surface area contributed by atoms with E-state index >= 15 is 0 Å². The first-order chi connectivity index (χ1) is 9.74. The van der Waals surface area contributed by atoms with Crippen LogP contribution in [0.1, 0.15) is 32.3 Å². The molecule has 0 aliphatic heterocycles. The van der Waals surface area contributed by atoms with Crippen molar-refractivity contribution in [1.29, 1.82) is 0 Å². The minimum atomic E-state index is 0.790. The molecule has 3 nitrogen and oxygen atoms in total. The van der Waals surface area contributed by atoms with Crippen LogP contribution >= 0.6 is 11.8 Å². The summed E-state index contributed by atoms with van der Waals surface area (Å²) in [4.78, 5) is 5.33. The van der Waals surface area contributed by atoms with Gasteiger partial charge in [0.2, 0.25) is 0 Å². The van der Waals surface area contributed by atoms with Gasteiger partial charge in [0, 0.05) is 11.4 Å². The molecule has 0 fully saturated rings. The van der Waals surface area contributed by atoms with Crippen molar-refractivity contribution >= 4 is 11.8 Å². The lowest BCUT2D eigenvalue weighted by Crippen LogP contribution is -1.99. The molecule has 1 heterocycles. The predicted molar refractivity (Wildman–Crippen MR) is 85.0 cm³/mol. The third-order valence-corrected chi connectivity index (χ3v) is 4.25. The van der Waals surface area contributed by atoms with E-state index in [1.807, 2.05) is 16.4 Å². The Kier molecular flexibility index (Phi) is 6.12. The monoisotopic (exact) mass is 289 g/mol. The van der Waals surface area contributed by atoms with Crippen LogP contribution < -0.4 is 0 Å². The molecule has 0 radical (unpaired) electrons. The number of benzene rings is 1. The van der Waals surface area contributed by atoms with Crippen LogP contribution in [0.2, 0.25) is 0 Å². The molecule has 0 aliphatic carbocycles. The molecule has 20 heavy (non-hydrogen) atoms. The van der Waals surface area contributed by atoms with Crippen LogP contribution in [0.3, 0.4) is 0 Å². The van der Waals surface area contributed by atoms with E-state index in [0.29, 0.717) is 0 Å². The maximum Gasteiger partial charge on any atom is 0.137 e. The van der Waals surface area contributed by atoms with E-state index in [1.165, 1.54) is 22.6 Å². The van der Waals surface area contributed by atoms with Crippen molar-refractivity contribution < 1.29 is 0 Å². The molecule has 0 spiro atoms. The largest absolute Gasteiger partial charge is 0.253 e. The highest BCUT2D eigenvalue weighted by Crippen LogP contribution is 2.21. The van der Waals surface area contributed by atoms with Gasteiger partial charge in [-0.3, -0.25) is 4.68 Å². The molecule has 0 unspecified atom stereocenters. The van der Waals surface area contributed by atoms with Gasteiger partial charge >= 0.3 is 0 Å². The normalized spacial score (nSPS) is 11.2. The van der Waals surface area contributed by atoms with Gasteiger partial charge in [-0.05, 0) is 48.6 Å². The Morgan fingerprint density at radius 3 is 2.65 bits per heavy atom. The minimum Gasteiger partial charge on any atom is -0.253 e. The zero-order valence-electron chi connectivity index (χ0n) is 12.3. The summed E-state index contributed by atoms with van der Waals surface area (Å²) >= 11 is 1.96. The standard InChI is InChI=1S/C16H23N3S/c1-14(2)9-11-20-16-7-5-15(6-8-16)4-3-10-19-13-17-12-18-19/h5-8,12-14H,3-4,9-11H2,1-2H3. The fourth-order valence-corrected chi connectivity index (χ4v) is 3.11. The van der Waals surface area contributed by atoms with Gasteiger partial charge in [0.05, 0.1) is 0 Å². The average Bonchev–Trinajstić information content (AvgIpc) is 2.93. The summed E-state index contributed by atoms with van der Waals surface area (Å²) in [5.41, 5.74) is 1.40. The summed E-state index contributed by atoms with van der Waals surface area (Å²) < 4.78 is 1.89. The van der Waals surface area contributed by atoms with Gasteiger partial charge in [0.1, 0.15) is 12.7 Å². The van der Waals surface area contributed by atoms with Gasteiger partial charge in [0.25, 0.3) is 0 Å². The number of aromatic nitrogens is 3. The van der Waals surface area contributed by atoms with E-state index in [2.05, 4.69) is 48.2 Å². The lowest BCUT2D eigenvalue weighted by molar-refractivity contribution is 0.577. The molecular formula is C16H23N3S. The van der Waals surface area contributed by atoms with E-state index in [0.717, 1.165) is 25.3 Å². The van der Waals surface area contributed by atoms with E-state index < -0.39 is 0 Å². The van der Waals surface area contributed by atoms with Gasteiger partial charge < -0.3 is 0 Å². The second-order valence-corrected chi connectivity index (χ2v) is 6.61.